The molecule has 0 aliphatic heterocycles. The topological polar surface area (TPSA) is 49.8 Å². The molecule has 1 N–H and O–H groups in total. The van der Waals surface area contributed by atoms with E-state index in [1.54, 1.807) is 24.1 Å². The average molecular weight is 302 g/mol. The van der Waals surface area contributed by atoms with Crippen LogP contribution in [0.4, 0.5) is 0 Å². The van der Waals surface area contributed by atoms with Crippen LogP contribution in [-0.4, -0.2) is 36.1 Å². The first-order valence-corrected chi connectivity index (χ1v) is 6.13. The Labute approximate surface area is 109 Å². The number of nitrogens with zero attached hydrogens (tertiary/aromatic N) is 1. The fourth-order valence-corrected chi connectivity index (χ4v) is 1.65. The Morgan fingerprint density at radius 2 is 2.24 bits per heavy atom. The number of aliphatic hydroxyl groups excluding tert-OH is 1. The van der Waals surface area contributed by atoms with Crippen LogP contribution in [0.15, 0.2) is 22.7 Å². The molecule has 1 rings (SSSR count). The van der Waals surface area contributed by atoms with Crippen molar-refractivity contribution in [1.29, 1.82) is 0 Å². The fraction of sp³-hybridized carbons (Fsp3) is 0.417. The zero-order valence-corrected chi connectivity index (χ0v) is 11.5. The number of amides is 1. The molecule has 0 aliphatic carbocycles. The summed E-state index contributed by atoms with van der Waals surface area (Å²) in [6, 6.07) is 5.31. The van der Waals surface area contributed by atoms with E-state index in [9.17, 15) is 4.79 Å². The Morgan fingerprint density at radius 3 is 2.82 bits per heavy atom. The number of rotatable bonds is 5. The summed E-state index contributed by atoms with van der Waals surface area (Å²) in [7, 11) is 1.72. The van der Waals surface area contributed by atoms with Gasteiger partial charge >= 0.3 is 0 Å². The van der Waals surface area contributed by atoms with Gasteiger partial charge in [-0.05, 0) is 25.1 Å². The quantitative estimate of drug-likeness (QED) is 0.902. The second-order valence-electron chi connectivity index (χ2n) is 3.61. The van der Waals surface area contributed by atoms with Crippen LogP contribution in [0.5, 0.6) is 5.75 Å². The smallest absolute Gasteiger partial charge is 0.260 e. The summed E-state index contributed by atoms with van der Waals surface area (Å²) in [4.78, 5) is 13.1. The Hall–Kier alpha value is -1.07. The van der Waals surface area contributed by atoms with Crippen molar-refractivity contribution in [3.63, 3.8) is 0 Å². The normalized spacial score (nSPS) is 10.1. The van der Waals surface area contributed by atoms with Crippen molar-refractivity contribution >= 4 is 21.8 Å². The molecule has 0 aliphatic rings. The molecule has 0 saturated heterocycles. The highest BCUT2D eigenvalue weighted by atomic mass is 79.9. The molecule has 0 bridgehead atoms. The number of likely N-dealkylation sites (N-methyl/N-ethyl adjacent to an activating group) is 1. The first-order chi connectivity index (χ1) is 8.08. The van der Waals surface area contributed by atoms with Crippen LogP contribution in [0.1, 0.15) is 12.5 Å². The number of hydrogen-bond donors (Lipinski definition) is 1. The average Bonchev–Trinajstić information content (AvgIpc) is 2.35. The summed E-state index contributed by atoms with van der Waals surface area (Å²) in [5.74, 6) is 0.452. The van der Waals surface area contributed by atoms with Gasteiger partial charge in [-0.3, -0.25) is 4.79 Å². The van der Waals surface area contributed by atoms with E-state index in [0.717, 1.165) is 4.47 Å². The van der Waals surface area contributed by atoms with Crippen LogP contribution in [0.2, 0.25) is 0 Å². The molecule has 0 radical (unpaired) electrons. The van der Waals surface area contributed by atoms with E-state index in [2.05, 4.69) is 15.9 Å². The first kappa shape index (κ1) is 14.0. The number of halogens is 1. The maximum atomic E-state index is 11.5. The predicted octanol–water partition coefficient (Wildman–Crippen LogP) is 1.80. The molecule has 1 aromatic carbocycles. The number of aliphatic hydroxyl groups is 1. The van der Waals surface area contributed by atoms with Crippen molar-refractivity contribution in [3.8, 4) is 5.75 Å². The van der Waals surface area contributed by atoms with E-state index in [0.29, 0.717) is 17.9 Å². The van der Waals surface area contributed by atoms with E-state index in [4.69, 9.17) is 9.84 Å². The SMILES string of the molecule is CCN(C)C(=O)COc1ccc(Br)cc1CO. The van der Waals surface area contributed by atoms with Gasteiger partial charge in [0.1, 0.15) is 5.75 Å². The number of ether oxygens (including phenoxy) is 1. The van der Waals surface area contributed by atoms with Gasteiger partial charge in [-0.15, -0.1) is 0 Å². The summed E-state index contributed by atoms with van der Waals surface area (Å²) in [6.07, 6.45) is 0. The van der Waals surface area contributed by atoms with Gasteiger partial charge in [0.05, 0.1) is 6.61 Å². The second kappa shape index (κ2) is 6.61. The van der Waals surface area contributed by atoms with Gasteiger partial charge in [0.2, 0.25) is 0 Å². The summed E-state index contributed by atoms with van der Waals surface area (Å²) >= 11 is 3.31. The molecule has 0 fully saturated rings. The van der Waals surface area contributed by atoms with Gasteiger partial charge in [-0.2, -0.15) is 0 Å². The standard InChI is InChI=1S/C12H16BrNO3/c1-3-14(2)12(16)8-17-11-5-4-10(13)6-9(11)7-15/h4-6,15H,3,7-8H2,1-2H3. The lowest BCUT2D eigenvalue weighted by molar-refractivity contribution is -0.131. The number of benzene rings is 1. The van der Waals surface area contributed by atoms with Crippen LogP contribution in [-0.2, 0) is 11.4 Å². The molecule has 0 unspecified atom stereocenters. The van der Waals surface area contributed by atoms with Gasteiger partial charge in [0.15, 0.2) is 6.61 Å². The van der Waals surface area contributed by atoms with Crippen LogP contribution in [0.3, 0.4) is 0 Å². The van der Waals surface area contributed by atoms with Gasteiger partial charge in [0, 0.05) is 23.6 Å². The van der Waals surface area contributed by atoms with Crippen molar-refractivity contribution in [3.05, 3.63) is 28.2 Å². The van der Waals surface area contributed by atoms with Crippen molar-refractivity contribution in [2.24, 2.45) is 0 Å². The minimum atomic E-state index is -0.118. The molecule has 1 aromatic rings. The van der Waals surface area contributed by atoms with Crippen molar-refractivity contribution in [1.82, 2.24) is 4.90 Å². The molecule has 94 valence electrons. The van der Waals surface area contributed by atoms with E-state index in [-0.39, 0.29) is 19.1 Å². The third-order valence-corrected chi connectivity index (χ3v) is 2.94. The zero-order chi connectivity index (χ0) is 12.8. The molecule has 4 nitrogen and oxygen atoms in total. The third-order valence-electron chi connectivity index (χ3n) is 2.44. The third kappa shape index (κ3) is 4.02. The van der Waals surface area contributed by atoms with Crippen LogP contribution < -0.4 is 4.74 Å². The minimum absolute atomic E-state index is 0.0149. The zero-order valence-electron chi connectivity index (χ0n) is 9.94. The monoisotopic (exact) mass is 301 g/mol. The molecule has 17 heavy (non-hydrogen) atoms. The van der Waals surface area contributed by atoms with E-state index < -0.39 is 0 Å². The Balaban J connectivity index is 2.66. The van der Waals surface area contributed by atoms with Gasteiger partial charge in [0.25, 0.3) is 5.91 Å². The van der Waals surface area contributed by atoms with E-state index >= 15 is 0 Å². The van der Waals surface area contributed by atoms with Crippen LogP contribution in [0, 0.1) is 0 Å². The number of carbonyl (C=O) groups excluding carboxylic acids is 1. The summed E-state index contributed by atoms with van der Waals surface area (Å²) < 4.78 is 6.26. The van der Waals surface area contributed by atoms with Crippen LogP contribution >= 0.6 is 15.9 Å². The highest BCUT2D eigenvalue weighted by Crippen LogP contribution is 2.23. The molecule has 0 heterocycles. The molecular formula is C12H16BrNO3. The number of hydrogen-bond acceptors (Lipinski definition) is 3. The van der Waals surface area contributed by atoms with Gasteiger partial charge in [-0.1, -0.05) is 15.9 Å². The molecular weight excluding hydrogens is 286 g/mol. The number of carbonyl (C=O) groups is 1. The highest BCUT2D eigenvalue weighted by molar-refractivity contribution is 9.10. The van der Waals surface area contributed by atoms with Crippen LogP contribution in [0.25, 0.3) is 0 Å². The Morgan fingerprint density at radius 1 is 1.53 bits per heavy atom. The molecule has 1 amide bonds. The Bertz CT molecular complexity index is 395. The summed E-state index contributed by atoms with van der Waals surface area (Å²) in [6.45, 7) is 2.41. The maximum Gasteiger partial charge on any atom is 0.260 e. The Kier molecular flexibility index (Phi) is 5.44. The highest BCUT2D eigenvalue weighted by Gasteiger charge is 2.09. The largest absolute Gasteiger partial charge is 0.483 e. The summed E-state index contributed by atoms with van der Waals surface area (Å²) in [5, 5.41) is 9.17. The van der Waals surface area contributed by atoms with Gasteiger partial charge in [-0.25, -0.2) is 0 Å². The maximum absolute atomic E-state index is 11.5. The van der Waals surface area contributed by atoms with E-state index in [1.807, 2.05) is 13.0 Å². The van der Waals surface area contributed by atoms with Crippen molar-refractivity contribution < 1.29 is 14.6 Å². The minimum Gasteiger partial charge on any atom is -0.483 e. The molecule has 0 atom stereocenters. The summed E-state index contributed by atoms with van der Waals surface area (Å²) in [5.41, 5.74) is 0.659. The van der Waals surface area contributed by atoms with E-state index in [1.165, 1.54) is 0 Å². The first-order valence-electron chi connectivity index (χ1n) is 5.34. The molecule has 5 heteroatoms. The molecule has 0 aromatic heterocycles. The fourth-order valence-electron chi connectivity index (χ4n) is 1.24. The molecule has 0 saturated carbocycles. The lowest BCUT2D eigenvalue weighted by Gasteiger charge is -2.16. The predicted molar refractivity (Wildman–Crippen MR) is 68.9 cm³/mol. The van der Waals surface area contributed by atoms with Gasteiger partial charge < -0.3 is 14.7 Å². The lowest BCUT2D eigenvalue weighted by Crippen LogP contribution is -2.31. The lowest BCUT2D eigenvalue weighted by atomic mass is 10.2. The van der Waals surface area contributed by atoms with Crippen molar-refractivity contribution in [2.75, 3.05) is 20.2 Å². The molecule has 0 spiro atoms. The second-order valence-corrected chi connectivity index (χ2v) is 4.52. The van der Waals surface area contributed by atoms with Crippen molar-refractivity contribution in [2.45, 2.75) is 13.5 Å².